The molecule has 3 rings (SSSR count). The standard InChI is InChI=1S/C17H21N5O4S/c1-26-10-4-18-14-3-2-13(12-15(14)22(24)25)16(23)20-6-8-21(9-7-20)17-19-5-11-27-17/h2-3,5,11-12,18H,4,6-10H2,1H3. The van der Waals surface area contributed by atoms with Crippen molar-refractivity contribution < 1.29 is 14.5 Å². The summed E-state index contributed by atoms with van der Waals surface area (Å²) in [6, 6.07) is 4.54. The third kappa shape index (κ3) is 4.52. The van der Waals surface area contributed by atoms with Crippen LogP contribution in [0.4, 0.5) is 16.5 Å². The van der Waals surface area contributed by atoms with Crippen molar-refractivity contribution in [3.05, 3.63) is 45.5 Å². The number of carbonyl (C=O) groups excluding carboxylic acids is 1. The maximum Gasteiger partial charge on any atom is 0.293 e. The predicted octanol–water partition coefficient (Wildman–Crippen LogP) is 2.07. The number of hydrogen-bond donors (Lipinski definition) is 1. The minimum atomic E-state index is -0.480. The number of aromatic nitrogens is 1. The van der Waals surface area contributed by atoms with Gasteiger partial charge in [-0.05, 0) is 12.1 Å². The van der Waals surface area contributed by atoms with Crippen LogP contribution in [0.1, 0.15) is 10.4 Å². The fourth-order valence-electron chi connectivity index (χ4n) is 2.91. The molecule has 0 aliphatic carbocycles. The predicted molar refractivity (Wildman–Crippen MR) is 104 cm³/mol. The molecule has 0 spiro atoms. The van der Waals surface area contributed by atoms with Gasteiger partial charge in [-0.3, -0.25) is 14.9 Å². The molecule has 10 heteroatoms. The van der Waals surface area contributed by atoms with Gasteiger partial charge in [-0.15, -0.1) is 11.3 Å². The first kappa shape index (κ1) is 19.1. The van der Waals surface area contributed by atoms with Gasteiger partial charge in [0.2, 0.25) is 0 Å². The number of piperazine rings is 1. The summed E-state index contributed by atoms with van der Waals surface area (Å²) in [5.41, 5.74) is 0.585. The molecular formula is C17H21N5O4S. The molecule has 0 bridgehead atoms. The Morgan fingerprint density at radius 1 is 1.37 bits per heavy atom. The molecule has 1 amide bonds. The molecule has 27 heavy (non-hydrogen) atoms. The topological polar surface area (TPSA) is 101 Å². The van der Waals surface area contributed by atoms with E-state index < -0.39 is 4.92 Å². The van der Waals surface area contributed by atoms with E-state index in [1.54, 1.807) is 41.7 Å². The molecule has 2 heterocycles. The number of nitro benzene ring substituents is 1. The summed E-state index contributed by atoms with van der Waals surface area (Å²) in [6.45, 7) is 3.38. The minimum Gasteiger partial charge on any atom is -0.383 e. The van der Waals surface area contributed by atoms with E-state index in [0.717, 1.165) is 5.13 Å². The van der Waals surface area contributed by atoms with Crippen LogP contribution in [0.2, 0.25) is 0 Å². The number of thiazole rings is 1. The summed E-state index contributed by atoms with van der Waals surface area (Å²) in [7, 11) is 1.56. The van der Waals surface area contributed by atoms with Gasteiger partial charge in [-0.25, -0.2) is 4.98 Å². The third-order valence-electron chi connectivity index (χ3n) is 4.32. The van der Waals surface area contributed by atoms with Crippen LogP contribution in [0, 0.1) is 10.1 Å². The van der Waals surface area contributed by atoms with Crippen LogP contribution in [0.25, 0.3) is 0 Å². The van der Waals surface area contributed by atoms with Crippen LogP contribution in [-0.2, 0) is 4.74 Å². The van der Waals surface area contributed by atoms with Crippen LogP contribution in [0.15, 0.2) is 29.8 Å². The average molecular weight is 391 g/mol. The van der Waals surface area contributed by atoms with E-state index in [0.29, 0.717) is 50.6 Å². The summed E-state index contributed by atoms with van der Waals surface area (Å²) in [4.78, 5) is 31.8. The van der Waals surface area contributed by atoms with Crippen molar-refractivity contribution in [2.45, 2.75) is 0 Å². The number of hydrogen-bond acceptors (Lipinski definition) is 8. The molecule has 0 atom stereocenters. The van der Waals surface area contributed by atoms with E-state index in [1.807, 2.05) is 5.38 Å². The highest BCUT2D eigenvalue weighted by molar-refractivity contribution is 7.13. The van der Waals surface area contributed by atoms with E-state index in [1.165, 1.54) is 6.07 Å². The zero-order chi connectivity index (χ0) is 19.2. The van der Waals surface area contributed by atoms with Crippen LogP contribution in [0.3, 0.4) is 0 Å². The molecule has 1 aliphatic heterocycles. The van der Waals surface area contributed by atoms with Gasteiger partial charge >= 0.3 is 0 Å². The van der Waals surface area contributed by atoms with E-state index in [4.69, 9.17) is 4.74 Å². The number of carbonyl (C=O) groups is 1. The number of nitrogens with zero attached hydrogens (tertiary/aromatic N) is 4. The van der Waals surface area contributed by atoms with Crippen LogP contribution in [0.5, 0.6) is 0 Å². The second-order valence-electron chi connectivity index (χ2n) is 6.00. The Balaban J connectivity index is 1.67. The molecule has 1 aromatic carbocycles. The Labute approximate surface area is 160 Å². The fourth-order valence-corrected chi connectivity index (χ4v) is 3.61. The lowest BCUT2D eigenvalue weighted by atomic mass is 10.1. The number of methoxy groups -OCH3 is 1. The molecular weight excluding hydrogens is 370 g/mol. The average Bonchev–Trinajstić information content (AvgIpc) is 3.22. The van der Waals surface area contributed by atoms with Crippen molar-refractivity contribution in [1.29, 1.82) is 0 Å². The van der Waals surface area contributed by atoms with Gasteiger partial charge in [-0.2, -0.15) is 0 Å². The number of nitro groups is 1. The molecule has 0 unspecified atom stereocenters. The minimum absolute atomic E-state index is 0.113. The summed E-state index contributed by atoms with van der Waals surface area (Å²) < 4.78 is 4.94. The second kappa shape index (κ2) is 8.78. The smallest absolute Gasteiger partial charge is 0.293 e. The Hall–Kier alpha value is -2.72. The summed E-state index contributed by atoms with van der Waals surface area (Å²) in [5, 5.41) is 17.2. The number of amides is 1. The molecule has 2 aromatic rings. The van der Waals surface area contributed by atoms with Crippen LogP contribution >= 0.6 is 11.3 Å². The molecule has 1 fully saturated rings. The van der Waals surface area contributed by atoms with E-state index in [2.05, 4.69) is 15.2 Å². The SMILES string of the molecule is COCCNc1ccc(C(=O)N2CCN(c3nccs3)CC2)cc1[N+](=O)[O-]. The quantitative estimate of drug-likeness (QED) is 0.438. The zero-order valence-electron chi connectivity index (χ0n) is 15.0. The molecule has 1 N–H and O–H groups in total. The fraction of sp³-hybridized carbons (Fsp3) is 0.412. The summed E-state index contributed by atoms with van der Waals surface area (Å²) >= 11 is 1.57. The van der Waals surface area contributed by atoms with Crippen LogP contribution < -0.4 is 10.2 Å². The monoisotopic (exact) mass is 391 g/mol. The Morgan fingerprint density at radius 3 is 2.78 bits per heavy atom. The first-order chi connectivity index (χ1) is 13.1. The highest BCUT2D eigenvalue weighted by Gasteiger charge is 2.25. The highest BCUT2D eigenvalue weighted by Crippen LogP contribution is 2.26. The zero-order valence-corrected chi connectivity index (χ0v) is 15.8. The van der Waals surface area contributed by atoms with Gasteiger partial charge in [0.05, 0.1) is 11.5 Å². The normalized spacial score (nSPS) is 14.3. The molecule has 1 aromatic heterocycles. The van der Waals surface area contributed by atoms with Crippen molar-refractivity contribution in [1.82, 2.24) is 9.88 Å². The number of ether oxygens (including phenoxy) is 1. The van der Waals surface area contributed by atoms with E-state index in [9.17, 15) is 14.9 Å². The lowest BCUT2D eigenvalue weighted by molar-refractivity contribution is -0.384. The number of rotatable bonds is 7. The molecule has 0 saturated carbocycles. The number of nitrogens with one attached hydrogen (secondary N) is 1. The van der Waals surface area contributed by atoms with E-state index in [-0.39, 0.29) is 11.6 Å². The summed E-state index contributed by atoms with van der Waals surface area (Å²) in [5.74, 6) is -0.194. The van der Waals surface area contributed by atoms with Crippen molar-refractivity contribution in [3.8, 4) is 0 Å². The van der Waals surface area contributed by atoms with Gasteiger partial charge in [0.25, 0.3) is 11.6 Å². The van der Waals surface area contributed by atoms with Gasteiger partial charge < -0.3 is 19.9 Å². The Morgan fingerprint density at radius 2 is 2.15 bits per heavy atom. The maximum atomic E-state index is 12.8. The highest BCUT2D eigenvalue weighted by atomic mass is 32.1. The largest absolute Gasteiger partial charge is 0.383 e. The third-order valence-corrected chi connectivity index (χ3v) is 5.15. The molecule has 144 valence electrons. The van der Waals surface area contributed by atoms with E-state index >= 15 is 0 Å². The molecule has 1 aliphatic rings. The van der Waals surface area contributed by atoms with Crippen molar-refractivity contribution >= 4 is 33.8 Å². The molecule has 9 nitrogen and oxygen atoms in total. The number of benzene rings is 1. The van der Waals surface area contributed by atoms with Crippen molar-refractivity contribution in [2.24, 2.45) is 0 Å². The van der Waals surface area contributed by atoms with Crippen molar-refractivity contribution in [3.63, 3.8) is 0 Å². The second-order valence-corrected chi connectivity index (χ2v) is 6.88. The molecule has 0 radical (unpaired) electrons. The Bertz CT molecular complexity index is 791. The lowest BCUT2D eigenvalue weighted by Gasteiger charge is -2.34. The Kier molecular flexibility index (Phi) is 6.20. The van der Waals surface area contributed by atoms with Gasteiger partial charge in [-0.1, -0.05) is 0 Å². The van der Waals surface area contributed by atoms with Crippen LogP contribution in [-0.4, -0.2) is 67.2 Å². The lowest BCUT2D eigenvalue weighted by Crippen LogP contribution is -2.48. The summed E-state index contributed by atoms with van der Waals surface area (Å²) in [6.07, 6.45) is 1.76. The van der Waals surface area contributed by atoms with Gasteiger partial charge in [0.1, 0.15) is 5.69 Å². The first-order valence-corrected chi connectivity index (χ1v) is 9.43. The number of anilines is 2. The first-order valence-electron chi connectivity index (χ1n) is 8.55. The van der Waals surface area contributed by atoms with Crippen molar-refractivity contribution in [2.75, 3.05) is 56.7 Å². The van der Waals surface area contributed by atoms with Gasteiger partial charge in [0.15, 0.2) is 5.13 Å². The maximum absolute atomic E-state index is 12.8. The van der Waals surface area contributed by atoms with Gasteiger partial charge in [0, 0.05) is 63.0 Å². The molecule has 1 saturated heterocycles.